The maximum atomic E-state index is 12.5. The SMILES string of the molecule is CC(C)(C(=O)N1CCCCCC1CCl)S(C)(=O)=O. The van der Waals surface area contributed by atoms with Gasteiger partial charge in [0.15, 0.2) is 9.84 Å². The molecule has 6 heteroatoms. The fourth-order valence-corrected chi connectivity index (χ4v) is 2.86. The van der Waals surface area contributed by atoms with Crippen LogP contribution in [-0.2, 0) is 14.6 Å². The highest BCUT2D eigenvalue weighted by molar-refractivity contribution is 7.92. The molecule has 0 N–H and O–H groups in total. The lowest BCUT2D eigenvalue weighted by Gasteiger charge is -2.34. The van der Waals surface area contributed by atoms with E-state index in [0.29, 0.717) is 12.4 Å². The molecule has 1 heterocycles. The van der Waals surface area contributed by atoms with Crippen LogP contribution < -0.4 is 0 Å². The standard InChI is InChI=1S/C12H22ClNO3S/c1-12(2,18(3,16)17)11(15)14-8-6-4-5-7-10(14)9-13/h10H,4-9H2,1-3H3. The highest BCUT2D eigenvalue weighted by atomic mass is 35.5. The molecule has 1 atom stereocenters. The average Bonchev–Trinajstić information content (AvgIpc) is 2.50. The molecular weight excluding hydrogens is 274 g/mol. The van der Waals surface area contributed by atoms with Crippen LogP contribution in [-0.4, -0.2) is 48.7 Å². The van der Waals surface area contributed by atoms with Crippen molar-refractivity contribution in [2.24, 2.45) is 0 Å². The van der Waals surface area contributed by atoms with Crippen LogP contribution in [0.15, 0.2) is 0 Å². The minimum atomic E-state index is -3.43. The topological polar surface area (TPSA) is 54.5 Å². The first-order valence-electron chi connectivity index (χ1n) is 6.28. The number of carbonyl (C=O) groups is 1. The number of nitrogens with zero attached hydrogens (tertiary/aromatic N) is 1. The van der Waals surface area contributed by atoms with Crippen LogP contribution in [0.3, 0.4) is 0 Å². The molecular formula is C12H22ClNO3S. The van der Waals surface area contributed by atoms with E-state index in [1.54, 1.807) is 4.90 Å². The first-order valence-corrected chi connectivity index (χ1v) is 8.71. The third-order valence-electron chi connectivity index (χ3n) is 3.76. The number of halogens is 1. The monoisotopic (exact) mass is 295 g/mol. The van der Waals surface area contributed by atoms with Gasteiger partial charge in [-0.25, -0.2) is 8.42 Å². The van der Waals surface area contributed by atoms with Crippen LogP contribution in [0, 0.1) is 0 Å². The van der Waals surface area contributed by atoms with Gasteiger partial charge in [-0.1, -0.05) is 12.8 Å². The summed E-state index contributed by atoms with van der Waals surface area (Å²) < 4.78 is 22.1. The van der Waals surface area contributed by atoms with Gasteiger partial charge in [-0.3, -0.25) is 4.79 Å². The Hall–Kier alpha value is -0.290. The Bertz CT molecular complexity index is 406. The molecule has 106 valence electrons. The summed E-state index contributed by atoms with van der Waals surface area (Å²) in [6.07, 6.45) is 4.99. The molecule has 4 nitrogen and oxygen atoms in total. The van der Waals surface area contributed by atoms with Gasteiger partial charge in [-0.05, 0) is 26.7 Å². The Balaban J connectivity index is 2.99. The summed E-state index contributed by atoms with van der Waals surface area (Å²) in [6.45, 7) is 3.55. The smallest absolute Gasteiger partial charge is 0.243 e. The van der Waals surface area contributed by atoms with Crippen molar-refractivity contribution in [3.63, 3.8) is 0 Å². The van der Waals surface area contributed by atoms with Crippen molar-refractivity contribution in [3.8, 4) is 0 Å². The average molecular weight is 296 g/mol. The van der Waals surface area contributed by atoms with Gasteiger partial charge in [-0.2, -0.15) is 0 Å². The van der Waals surface area contributed by atoms with Crippen molar-refractivity contribution in [1.82, 2.24) is 4.90 Å². The molecule has 0 aliphatic carbocycles. The summed E-state index contributed by atoms with van der Waals surface area (Å²) in [5, 5.41) is 0. The second kappa shape index (κ2) is 5.78. The Morgan fingerprint density at radius 1 is 1.33 bits per heavy atom. The highest BCUT2D eigenvalue weighted by Gasteiger charge is 2.43. The molecule has 0 aromatic carbocycles. The van der Waals surface area contributed by atoms with E-state index in [4.69, 9.17) is 11.6 Å². The number of amides is 1. The van der Waals surface area contributed by atoms with Gasteiger partial charge in [0.05, 0.1) is 0 Å². The van der Waals surface area contributed by atoms with Crippen molar-refractivity contribution >= 4 is 27.3 Å². The quantitative estimate of drug-likeness (QED) is 0.746. The van der Waals surface area contributed by atoms with Crippen molar-refractivity contribution in [1.29, 1.82) is 0 Å². The van der Waals surface area contributed by atoms with Gasteiger partial charge < -0.3 is 4.90 Å². The maximum absolute atomic E-state index is 12.5. The summed E-state index contributed by atoms with van der Waals surface area (Å²) in [6, 6.07) is -0.0392. The fourth-order valence-electron chi connectivity index (χ4n) is 2.11. The Labute approximate surface area is 115 Å². The molecule has 1 rings (SSSR count). The van der Waals surface area contributed by atoms with E-state index in [1.807, 2.05) is 0 Å². The summed E-state index contributed by atoms with van der Waals surface area (Å²) in [7, 11) is -3.43. The van der Waals surface area contributed by atoms with Crippen LogP contribution in [0.25, 0.3) is 0 Å². The third kappa shape index (κ3) is 3.18. The van der Waals surface area contributed by atoms with Crippen molar-refractivity contribution < 1.29 is 13.2 Å². The van der Waals surface area contributed by atoms with Crippen LogP contribution in [0.4, 0.5) is 0 Å². The van der Waals surface area contributed by atoms with Gasteiger partial charge in [0, 0.05) is 24.7 Å². The lowest BCUT2D eigenvalue weighted by molar-refractivity contribution is -0.135. The molecule has 0 radical (unpaired) electrons. The molecule has 0 aromatic heterocycles. The van der Waals surface area contributed by atoms with E-state index in [-0.39, 0.29) is 11.9 Å². The first-order chi connectivity index (χ1) is 8.21. The zero-order valence-electron chi connectivity index (χ0n) is 11.3. The molecule has 1 aliphatic rings. The van der Waals surface area contributed by atoms with E-state index in [2.05, 4.69) is 0 Å². The van der Waals surface area contributed by atoms with Crippen molar-refractivity contribution in [3.05, 3.63) is 0 Å². The van der Waals surface area contributed by atoms with E-state index in [9.17, 15) is 13.2 Å². The van der Waals surface area contributed by atoms with E-state index >= 15 is 0 Å². The molecule has 1 saturated heterocycles. The van der Waals surface area contributed by atoms with Crippen LogP contribution in [0.5, 0.6) is 0 Å². The normalized spacial score (nSPS) is 22.7. The van der Waals surface area contributed by atoms with Gasteiger partial charge in [0.25, 0.3) is 0 Å². The number of rotatable bonds is 3. The van der Waals surface area contributed by atoms with E-state index in [1.165, 1.54) is 13.8 Å². The summed E-state index contributed by atoms with van der Waals surface area (Å²) >= 11 is 5.91. The maximum Gasteiger partial charge on any atom is 0.243 e. The molecule has 1 amide bonds. The number of likely N-dealkylation sites (tertiary alicyclic amines) is 1. The number of alkyl halides is 1. The minimum absolute atomic E-state index is 0.0392. The summed E-state index contributed by atoms with van der Waals surface area (Å²) in [5.74, 6) is 0.0449. The Kier molecular flexibility index (Phi) is 5.06. The van der Waals surface area contributed by atoms with Gasteiger partial charge in [-0.15, -0.1) is 11.6 Å². The molecule has 1 fully saturated rings. The van der Waals surface area contributed by atoms with E-state index in [0.717, 1.165) is 31.9 Å². The first kappa shape index (κ1) is 15.8. The minimum Gasteiger partial charge on any atom is -0.337 e. The number of hydrogen-bond donors (Lipinski definition) is 0. The fraction of sp³-hybridized carbons (Fsp3) is 0.917. The zero-order chi connectivity index (χ0) is 14.0. The van der Waals surface area contributed by atoms with Gasteiger partial charge >= 0.3 is 0 Å². The van der Waals surface area contributed by atoms with Crippen LogP contribution >= 0.6 is 11.6 Å². The predicted octanol–water partition coefficient (Wildman–Crippen LogP) is 1.82. The van der Waals surface area contributed by atoms with Crippen molar-refractivity contribution in [2.45, 2.75) is 50.3 Å². The largest absolute Gasteiger partial charge is 0.337 e. The third-order valence-corrected chi connectivity index (χ3v) is 6.14. The lowest BCUT2D eigenvalue weighted by Crippen LogP contribution is -2.53. The van der Waals surface area contributed by atoms with Crippen molar-refractivity contribution in [2.75, 3.05) is 18.7 Å². The summed E-state index contributed by atoms with van der Waals surface area (Å²) in [4.78, 5) is 14.1. The number of hydrogen-bond acceptors (Lipinski definition) is 3. The predicted molar refractivity (Wildman–Crippen MR) is 73.6 cm³/mol. The van der Waals surface area contributed by atoms with E-state index < -0.39 is 14.6 Å². The highest BCUT2D eigenvalue weighted by Crippen LogP contribution is 2.25. The molecule has 0 spiro atoms. The molecule has 0 saturated carbocycles. The Morgan fingerprint density at radius 3 is 2.44 bits per heavy atom. The number of carbonyl (C=O) groups excluding carboxylic acids is 1. The zero-order valence-corrected chi connectivity index (χ0v) is 12.9. The van der Waals surface area contributed by atoms with Gasteiger partial charge in [0.1, 0.15) is 4.75 Å². The molecule has 1 unspecified atom stereocenters. The summed E-state index contributed by atoms with van der Waals surface area (Å²) in [5.41, 5.74) is 0. The second-order valence-corrected chi connectivity index (χ2v) is 8.31. The lowest BCUT2D eigenvalue weighted by atomic mass is 10.1. The Morgan fingerprint density at radius 2 is 1.94 bits per heavy atom. The number of sulfone groups is 1. The van der Waals surface area contributed by atoms with Crippen LogP contribution in [0.1, 0.15) is 39.5 Å². The second-order valence-electron chi connectivity index (χ2n) is 5.44. The molecule has 0 aromatic rings. The van der Waals surface area contributed by atoms with Gasteiger partial charge in [0.2, 0.25) is 5.91 Å². The molecule has 0 bridgehead atoms. The van der Waals surface area contributed by atoms with Crippen LogP contribution in [0.2, 0.25) is 0 Å². The molecule has 1 aliphatic heterocycles. The molecule has 18 heavy (non-hydrogen) atoms.